The van der Waals surface area contributed by atoms with Crippen molar-refractivity contribution in [2.45, 2.75) is 25.7 Å². The molecule has 0 amide bonds. The van der Waals surface area contributed by atoms with Gasteiger partial charge in [-0.3, -0.25) is 4.79 Å². The molecule has 0 aliphatic carbocycles. The van der Waals surface area contributed by atoms with Crippen molar-refractivity contribution in [1.82, 2.24) is 0 Å². The SMILES string of the molecule is CC[C@@H](CC(=O)O)c1ccc(F)cc1. The predicted molar refractivity (Wildman–Crippen MR) is 51.7 cm³/mol. The summed E-state index contributed by atoms with van der Waals surface area (Å²) in [5.74, 6) is -1.13. The Bertz CT molecular complexity index is 306. The second-order valence-electron chi connectivity index (χ2n) is 3.25. The van der Waals surface area contributed by atoms with Crippen LogP contribution in [0.3, 0.4) is 0 Å². The first kappa shape index (κ1) is 10.7. The first-order chi connectivity index (χ1) is 6.63. The van der Waals surface area contributed by atoms with Crippen LogP contribution in [0.4, 0.5) is 4.39 Å². The molecule has 1 aromatic rings. The Labute approximate surface area is 82.4 Å². The summed E-state index contributed by atoms with van der Waals surface area (Å²) in [6.07, 6.45) is 0.847. The fraction of sp³-hybridized carbons (Fsp3) is 0.364. The maximum absolute atomic E-state index is 12.6. The van der Waals surface area contributed by atoms with Crippen LogP contribution < -0.4 is 0 Å². The molecule has 0 heterocycles. The number of hydrogen-bond donors (Lipinski definition) is 1. The standard InChI is InChI=1S/C11H13FO2/c1-2-8(7-11(13)14)9-3-5-10(12)6-4-9/h3-6,8H,2,7H2,1H3,(H,13,14)/t8-/m0/s1. The van der Waals surface area contributed by atoms with Gasteiger partial charge in [0.15, 0.2) is 0 Å². The average molecular weight is 196 g/mol. The molecular weight excluding hydrogens is 183 g/mol. The maximum atomic E-state index is 12.6. The van der Waals surface area contributed by atoms with Crippen molar-refractivity contribution < 1.29 is 14.3 Å². The number of halogens is 1. The summed E-state index contributed by atoms with van der Waals surface area (Å²) >= 11 is 0. The van der Waals surface area contributed by atoms with E-state index >= 15 is 0 Å². The van der Waals surface area contributed by atoms with Crippen LogP contribution in [0.25, 0.3) is 0 Å². The molecule has 0 fully saturated rings. The van der Waals surface area contributed by atoms with Crippen LogP contribution in [-0.2, 0) is 4.79 Å². The minimum atomic E-state index is -0.818. The van der Waals surface area contributed by atoms with E-state index in [4.69, 9.17) is 5.11 Å². The molecular formula is C11H13FO2. The van der Waals surface area contributed by atoms with Crippen molar-refractivity contribution in [2.75, 3.05) is 0 Å². The van der Waals surface area contributed by atoms with Gasteiger partial charge in [-0.1, -0.05) is 19.1 Å². The second kappa shape index (κ2) is 4.74. The zero-order chi connectivity index (χ0) is 10.6. The van der Waals surface area contributed by atoms with E-state index in [1.54, 1.807) is 12.1 Å². The highest BCUT2D eigenvalue weighted by Gasteiger charge is 2.13. The van der Waals surface area contributed by atoms with Crippen LogP contribution in [0.2, 0.25) is 0 Å². The van der Waals surface area contributed by atoms with Crippen molar-refractivity contribution in [2.24, 2.45) is 0 Å². The lowest BCUT2D eigenvalue weighted by atomic mass is 9.93. The summed E-state index contributed by atoms with van der Waals surface area (Å²) in [7, 11) is 0. The van der Waals surface area contributed by atoms with Gasteiger partial charge in [-0.15, -0.1) is 0 Å². The van der Waals surface area contributed by atoms with Crippen LogP contribution in [0, 0.1) is 5.82 Å². The van der Waals surface area contributed by atoms with Gasteiger partial charge >= 0.3 is 5.97 Å². The maximum Gasteiger partial charge on any atom is 0.303 e. The molecule has 1 rings (SSSR count). The lowest BCUT2D eigenvalue weighted by Gasteiger charge is -2.12. The van der Waals surface area contributed by atoms with E-state index in [2.05, 4.69) is 0 Å². The Hall–Kier alpha value is -1.38. The molecule has 3 heteroatoms. The monoisotopic (exact) mass is 196 g/mol. The van der Waals surface area contributed by atoms with Gasteiger partial charge in [0.25, 0.3) is 0 Å². The smallest absolute Gasteiger partial charge is 0.303 e. The van der Waals surface area contributed by atoms with Crippen molar-refractivity contribution >= 4 is 5.97 Å². The highest BCUT2D eigenvalue weighted by atomic mass is 19.1. The average Bonchev–Trinajstić information content (AvgIpc) is 2.15. The molecule has 0 aromatic heterocycles. The first-order valence-corrected chi connectivity index (χ1v) is 4.60. The molecule has 76 valence electrons. The van der Waals surface area contributed by atoms with Crippen LogP contribution in [0.5, 0.6) is 0 Å². The molecule has 1 aromatic carbocycles. The van der Waals surface area contributed by atoms with E-state index in [9.17, 15) is 9.18 Å². The third-order valence-corrected chi connectivity index (χ3v) is 2.26. The quantitative estimate of drug-likeness (QED) is 0.803. The van der Waals surface area contributed by atoms with Crippen LogP contribution >= 0.6 is 0 Å². The molecule has 0 aliphatic rings. The fourth-order valence-corrected chi connectivity index (χ4v) is 1.44. The molecule has 0 saturated heterocycles. The Morgan fingerprint density at radius 1 is 1.43 bits per heavy atom. The summed E-state index contributed by atoms with van der Waals surface area (Å²) in [5, 5.41) is 8.66. The Kier molecular flexibility index (Phi) is 3.63. The largest absolute Gasteiger partial charge is 0.481 e. The van der Waals surface area contributed by atoms with E-state index < -0.39 is 5.97 Å². The van der Waals surface area contributed by atoms with Gasteiger partial charge < -0.3 is 5.11 Å². The van der Waals surface area contributed by atoms with Gasteiger partial charge in [0.05, 0.1) is 6.42 Å². The highest BCUT2D eigenvalue weighted by molar-refractivity contribution is 5.68. The highest BCUT2D eigenvalue weighted by Crippen LogP contribution is 2.23. The van der Waals surface area contributed by atoms with Gasteiger partial charge in [-0.25, -0.2) is 4.39 Å². The van der Waals surface area contributed by atoms with E-state index in [0.717, 1.165) is 12.0 Å². The second-order valence-corrected chi connectivity index (χ2v) is 3.25. The van der Waals surface area contributed by atoms with Crippen molar-refractivity contribution in [3.63, 3.8) is 0 Å². The van der Waals surface area contributed by atoms with Gasteiger partial charge in [0.2, 0.25) is 0 Å². The molecule has 0 unspecified atom stereocenters. The minimum absolute atomic E-state index is 0.0203. The minimum Gasteiger partial charge on any atom is -0.481 e. The predicted octanol–water partition coefficient (Wildman–Crippen LogP) is 2.79. The Morgan fingerprint density at radius 3 is 2.43 bits per heavy atom. The van der Waals surface area contributed by atoms with Crippen molar-refractivity contribution in [1.29, 1.82) is 0 Å². The topological polar surface area (TPSA) is 37.3 Å². The van der Waals surface area contributed by atoms with Crippen LogP contribution in [-0.4, -0.2) is 11.1 Å². The summed E-state index contributed by atoms with van der Waals surface area (Å²) in [5.41, 5.74) is 0.885. The number of rotatable bonds is 4. The van der Waals surface area contributed by atoms with Crippen molar-refractivity contribution in [3.05, 3.63) is 35.6 Å². The molecule has 1 atom stereocenters. The molecule has 0 saturated carbocycles. The van der Waals surface area contributed by atoms with Gasteiger partial charge in [0.1, 0.15) is 5.82 Å². The van der Waals surface area contributed by atoms with Gasteiger partial charge in [-0.2, -0.15) is 0 Å². The number of aliphatic carboxylic acids is 1. The zero-order valence-corrected chi connectivity index (χ0v) is 8.03. The Balaban J connectivity index is 2.78. The van der Waals surface area contributed by atoms with Crippen LogP contribution in [0.1, 0.15) is 31.2 Å². The fourth-order valence-electron chi connectivity index (χ4n) is 1.44. The van der Waals surface area contributed by atoms with Crippen molar-refractivity contribution in [3.8, 4) is 0 Å². The zero-order valence-electron chi connectivity index (χ0n) is 8.03. The first-order valence-electron chi connectivity index (χ1n) is 4.60. The third kappa shape index (κ3) is 2.83. The van der Waals surface area contributed by atoms with Gasteiger partial charge in [-0.05, 0) is 30.0 Å². The number of hydrogen-bond acceptors (Lipinski definition) is 1. The summed E-state index contributed by atoms with van der Waals surface area (Å²) < 4.78 is 12.6. The van der Waals surface area contributed by atoms with E-state index in [-0.39, 0.29) is 18.2 Å². The molecule has 0 spiro atoms. The summed E-state index contributed by atoms with van der Waals surface area (Å²) in [4.78, 5) is 10.5. The summed E-state index contributed by atoms with van der Waals surface area (Å²) in [6.45, 7) is 1.93. The number of carboxylic acids is 1. The van der Waals surface area contributed by atoms with E-state index in [1.807, 2.05) is 6.92 Å². The van der Waals surface area contributed by atoms with E-state index in [0.29, 0.717) is 0 Å². The molecule has 1 N–H and O–H groups in total. The molecule has 0 bridgehead atoms. The molecule has 14 heavy (non-hydrogen) atoms. The molecule has 0 aliphatic heterocycles. The lowest BCUT2D eigenvalue weighted by Crippen LogP contribution is -2.05. The number of benzene rings is 1. The molecule has 2 nitrogen and oxygen atoms in total. The normalized spacial score (nSPS) is 12.4. The summed E-state index contributed by atoms with van der Waals surface area (Å²) in [6, 6.07) is 6.01. The van der Waals surface area contributed by atoms with Gasteiger partial charge in [0, 0.05) is 0 Å². The molecule has 0 radical (unpaired) electrons. The van der Waals surface area contributed by atoms with Crippen LogP contribution in [0.15, 0.2) is 24.3 Å². The number of carbonyl (C=O) groups is 1. The third-order valence-electron chi connectivity index (χ3n) is 2.26. The number of carboxylic acid groups (broad SMARTS) is 1. The lowest BCUT2D eigenvalue weighted by molar-refractivity contribution is -0.137. The Morgan fingerprint density at radius 2 is 2.00 bits per heavy atom. The van der Waals surface area contributed by atoms with E-state index in [1.165, 1.54) is 12.1 Å².